The number of carbonyl (C=O) groups excluding carboxylic acids is 1. The van der Waals surface area contributed by atoms with E-state index in [9.17, 15) is 20.1 Å². The third kappa shape index (κ3) is 7.63. The molecule has 10 nitrogen and oxygen atoms in total. The van der Waals surface area contributed by atoms with Crippen molar-refractivity contribution in [3.8, 4) is 17.2 Å². The van der Waals surface area contributed by atoms with Crippen LogP contribution in [-0.4, -0.2) is 81.5 Å². The number of fused-ring (bicyclic) bond motifs is 2. The first kappa shape index (κ1) is 33.8. The summed E-state index contributed by atoms with van der Waals surface area (Å²) in [4.78, 5) is 16.6. The fraction of sp³-hybridized carbons (Fsp3) is 0.0968. The molecule has 0 spiro atoms. The van der Waals surface area contributed by atoms with Crippen molar-refractivity contribution in [2.24, 2.45) is 0 Å². The van der Waals surface area contributed by atoms with Gasteiger partial charge in [-0.05, 0) is 67.4 Å². The molecule has 43 heavy (non-hydrogen) atoms. The van der Waals surface area contributed by atoms with E-state index in [4.69, 9.17) is 22.3 Å². The van der Waals surface area contributed by atoms with Crippen LogP contribution in [0.2, 0.25) is 0 Å². The number of hydrogen-bond donors (Lipinski definition) is 5. The van der Waals surface area contributed by atoms with Gasteiger partial charge >= 0.3 is 54.1 Å². The third-order valence-electron chi connectivity index (χ3n) is 6.59. The zero-order valence-electron chi connectivity index (χ0n) is 25.2. The second-order valence-corrected chi connectivity index (χ2v) is 10.3. The quantitative estimate of drug-likeness (QED) is 0.0976. The van der Waals surface area contributed by atoms with Crippen molar-refractivity contribution in [2.75, 3.05) is 0 Å². The van der Waals surface area contributed by atoms with Crippen LogP contribution in [-0.2, 0) is 20.7 Å². The summed E-state index contributed by atoms with van der Waals surface area (Å²) in [6.45, 7) is 3.61. The first-order chi connectivity index (χ1) is 19.8. The topological polar surface area (TPSA) is 174 Å². The van der Waals surface area contributed by atoms with Gasteiger partial charge in [0.2, 0.25) is 0 Å². The van der Waals surface area contributed by atoms with E-state index in [1.54, 1.807) is 68.6 Å². The number of hydrogen-bond acceptors (Lipinski definition) is 8. The van der Waals surface area contributed by atoms with Crippen molar-refractivity contribution in [2.45, 2.75) is 19.4 Å². The predicted octanol–water partition coefficient (Wildman–Crippen LogP) is 5.31. The van der Waals surface area contributed by atoms with Crippen molar-refractivity contribution in [3.63, 3.8) is 0 Å². The van der Waals surface area contributed by atoms with Crippen molar-refractivity contribution < 1.29 is 45.2 Å². The molecule has 1 aliphatic rings. The molecule has 2 heterocycles. The molecule has 0 saturated carbocycles. The number of cyclic esters (lactones) is 1. The van der Waals surface area contributed by atoms with E-state index in [-0.39, 0.29) is 57.8 Å². The van der Waals surface area contributed by atoms with Gasteiger partial charge < -0.3 is 22.9 Å². The molecule has 1 aromatic heterocycles. The van der Waals surface area contributed by atoms with E-state index in [0.717, 1.165) is 22.1 Å². The van der Waals surface area contributed by atoms with Crippen molar-refractivity contribution in [3.05, 3.63) is 131 Å². The summed E-state index contributed by atoms with van der Waals surface area (Å²) in [6.07, 6.45) is 1.67. The number of pyridine rings is 1. The molecule has 0 fully saturated rings. The van der Waals surface area contributed by atoms with Crippen molar-refractivity contribution >= 4 is 65.0 Å². The molecule has 0 unspecified atom stereocenters. The maximum absolute atomic E-state index is 12.6. The van der Waals surface area contributed by atoms with Gasteiger partial charge in [-0.25, -0.2) is 4.79 Å². The van der Waals surface area contributed by atoms with Gasteiger partial charge in [0, 0.05) is 28.3 Å². The van der Waals surface area contributed by atoms with Crippen LogP contribution in [0.3, 0.4) is 0 Å². The van der Waals surface area contributed by atoms with Crippen LogP contribution >= 0.6 is 0 Å². The first-order valence-electron chi connectivity index (χ1n) is 12.5. The van der Waals surface area contributed by atoms with E-state index >= 15 is 0 Å². The Balaban J connectivity index is 0.000000445. The smallest absolute Gasteiger partial charge is 1.00 e. The van der Waals surface area contributed by atoms with Crippen LogP contribution in [0.4, 0.5) is 0 Å². The molecule has 4 aromatic carbocycles. The fourth-order valence-corrected chi connectivity index (χ4v) is 4.65. The molecule has 0 bridgehead atoms. The maximum atomic E-state index is 12.6. The summed E-state index contributed by atoms with van der Waals surface area (Å²) in [5.41, 5.74) is 3.69. The number of benzene rings is 4. The van der Waals surface area contributed by atoms with E-state index in [1.807, 2.05) is 42.5 Å². The average molecular weight is 632 g/mol. The minimum atomic E-state index is -4.67. The Morgan fingerprint density at radius 2 is 1.28 bits per heavy atom. The van der Waals surface area contributed by atoms with Gasteiger partial charge in [0.1, 0.15) is 22.8 Å². The number of phenolic OH excluding ortho intramolecular Hbond substituents is 3. The monoisotopic (exact) mass is 631 g/mol. The van der Waals surface area contributed by atoms with Crippen LogP contribution < -0.4 is 0 Å². The van der Waals surface area contributed by atoms with Crippen molar-refractivity contribution in [1.29, 1.82) is 0 Å². The summed E-state index contributed by atoms with van der Waals surface area (Å²) in [6, 6.07) is 26.8. The second kappa shape index (κ2) is 13.7. The molecule has 0 amide bonds. The second-order valence-electron chi connectivity index (χ2n) is 9.42. The maximum Gasteiger partial charge on any atom is 2.00 e. The average Bonchev–Trinajstić information content (AvgIpc) is 3.25. The number of carbonyl (C=O) groups is 1. The number of aryl methyl sites for hydroxylation is 2. The molecule has 0 aliphatic carbocycles. The largest absolute Gasteiger partial charge is 2.00 e. The Labute approximate surface area is 280 Å². The zero-order valence-corrected chi connectivity index (χ0v) is 26.2. The van der Waals surface area contributed by atoms with Gasteiger partial charge in [-0.15, -0.1) is 0 Å². The molecule has 5 aromatic rings. The number of para-hydroxylation sites is 1. The van der Waals surface area contributed by atoms with Crippen molar-refractivity contribution in [1.82, 2.24) is 4.98 Å². The Morgan fingerprint density at radius 1 is 0.744 bits per heavy atom. The summed E-state index contributed by atoms with van der Waals surface area (Å²) in [7, 11) is -4.67. The Kier molecular flexibility index (Phi) is 10.8. The van der Waals surface area contributed by atoms with Crippen LogP contribution in [0.5, 0.6) is 17.2 Å². The van der Waals surface area contributed by atoms with Crippen LogP contribution in [0.1, 0.15) is 41.0 Å². The minimum absolute atomic E-state index is 0. The Morgan fingerprint density at radius 3 is 1.81 bits per heavy atom. The van der Waals surface area contributed by atoms with E-state index < -0.39 is 22.0 Å². The summed E-state index contributed by atoms with van der Waals surface area (Å²) >= 11 is 0. The summed E-state index contributed by atoms with van der Waals surface area (Å²) in [5.74, 6) is 0.215. The number of phenols is 3. The Hall–Kier alpha value is -3.71. The SMILES string of the molecule is Cc1cc(C2(c3ccc(O)c(C)c3)OC(=O)c3ccccc32)ccc1O.O=S(=O)(O)O.Oc1cccc2cccnc12.[Ca+2].[H-].[H-]. The van der Waals surface area contributed by atoms with Gasteiger partial charge in [-0.1, -0.05) is 48.5 Å². The summed E-state index contributed by atoms with van der Waals surface area (Å²) < 4.78 is 37.6. The third-order valence-corrected chi connectivity index (χ3v) is 6.59. The Bertz CT molecular complexity index is 1840. The molecule has 6 rings (SSSR count). The molecule has 0 radical (unpaired) electrons. The van der Waals surface area contributed by atoms with Crippen LogP contribution in [0.15, 0.2) is 97.2 Å². The van der Waals surface area contributed by atoms with E-state index in [1.165, 1.54) is 0 Å². The standard InChI is InChI=1S/C22H18O4.C9H7NO.Ca.H2O4S.2H/c1-13-11-15(7-9-19(13)23)22(16-8-10-20(24)14(2)12-16)18-6-4-3-5-17(18)21(25)26-22;11-8-5-1-3-7-4-2-6-10-9(7)8;;1-5(2,3)4;;/h3-12,23-24H,1-2H3;1-6,11H;;(H2,1,2,3,4);;/q;;+2;;2*-1. The normalized spacial score (nSPS) is 12.9. The van der Waals surface area contributed by atoms with E-state index in [2.05, 4.69) is 4.98 Å². The van der Waals surface area contributed by atoms with Gasteiger partial charge in [0.05, 0.1) is 5.56 Å². The molecule has 0 saturated heterocycles. The van der Waals surface area contributed by atoms with Gasteiger partial charge in [0.15, 0.2) is 5.60 Å². The number of esters is 1. The molecular formula is C31H29CaNO9S. The fourth-order valence-electron chi connectivity index (χ4n) is 4.65. The minimum Gasteiger partial charge on any atom is -1.00 e. The number of aromatic hydroxyl groups is 3. The molecule has 12 heteroatoms. The number of nitrogens with zero attached hydrogens (tertiary/aromatic N) is 1. The molecule has 5 N–H and O–H groups in total. The number of aromatic nitrogens is 1. The van der Waals surface area contributed by atoms with Crippen LogP contribution in [0.25, 0.3) is 10.9 Å². The summed E-state index contributed by atoms with van der Waals surface area (Å²) in [5, 5.41) is 30.1. The number of rotatable bonds is 2. The molecule has 1 aliphatic heterocycles. The predicted molar refractivity (Wildman–Crippen MR) is 163 cm³/mol. The van der Waals surface area contributed by atoms with Crippen LogP contribution in [0, 0.1) is 13.8 Å². The van der Waals surface area contributed by atoms with Gasteiger partial charge in [-0.3, -0.25) is 14.1 Å². The zero-order chi connectivity index (χ0) is 30.7. The van der Waals surface area contributed by atoms with E-state index in [0.29, 0.717) is 22.2 Å². The van der Waals surface area contributed by atoms with Gasteiger partial charge in [0.25, 0.3) is 0 Å². The first-order valence-corrected chi connectivity index (χ1v) is 13.9. The molecular weight excluding hydrogens is 602 g/mol. The number of ether oxygens (including phenoxy) is 1. The molecule has 0 atom stereocenters. The van der Waals surface area contributed by atoms with Gasteiger partial charge in [-0.2, -0.15) is 8.42 Å². The molecule has 220 valence electrons.